The molecule has 2 rings (SSSR count). The van der Waals surface area contributed by atoms with Crippen LogP contribution >= 0.6 is 0 Å². The molecule has 0 saturated heterocycles. The summed E-state index contributed by atoms with van der Waals surface area (Å²) in [6.45, 7) is 0.120. The van der Waals surface area contributed by atoms with Gasteiger partial charge in [0.15, 0.2) is 11.4 Å². The van der Waals surface area contributed by atoms with Crippen molar-refractivity contribution >= 4 is 0 Å². The fraction of sp³-hybridized carbons (Fsp3) is 0.455. The lowest BCUT2D eigenvalue weighted by Crippen LogP contribution is -2.42. The molecule has 1 fully saturated rings. The van der Waals surface area contributed by atoms with Gasteiger partial charge in [-0.05, 0) is 31.4 Å². The lowest BCUT2D eigenvalue weighted by molar-refractivity contribution is -0.0665. The zero-order chi connectivity index (χ0) is 11.6. The van der Waals surface area contributed by atoms with Gasteiger partial charge in [-0.25, -0.2) is 4.98 Å². The molecule has 84 valence electrons. The van der Waals surface area contributed by atoms with Crippen molar-refractivity contribution in [3.05, 3.63) is 23.8 Å². The van der Waals surface area contributed by atoms with Gasteiger partial charge in [0.1, 0.15) is 12.7 Å². The number of hydrogen-bond donors (Lipinski definition) is 1. The molecule has 0 spiro atoms. The van der Waals surface area contributed by atoms with E-state index in [1.165, 1.54) is 6.07 Å². The summed E-state index contributed by atoms with van der Waals surface area (Å²) >= 11 is 0. The molecule has 1 heterocycles. The van der Waals surface area contributed by atoms with Crippen LogP contribution in [0.4, 0.5) is 4.39 Å². The Kier molecular flexibility index (Phi) is 2.75. The van der Waals surface area contributed by atoms with Crippen LogP contribution in [0.25, 0.3) is 0 Å². The zero-order valence-corrected chi connectivity index (χ0v) is 8.61. The first-order valence-corrected chi connectivity index (χ1v) is 5.05. The maximum Gasteiger partial charge on any atom is 0.214 e. The minimum absolute atomic E-state index is 0.0945. The van der Waals surface area contributed by atoms with Gasteiger partial charge in [-0.15, -0.1) is 0 Å². The smallest absolute Gasteiger partial charge is 0.214 e. The van der Waals surface area contributed by atoms with Crippen molar-refractivity contribution in [3.63, 3.8) is 0 Å². The molecule has 0 radical (unpaired) electrons. The molecule has 1 aliphatic rings. The van der Waals surface area contributed by atoms with Crippen LogP contribution in [0.15, 0.2) is 12.1 Å². The third-order valence-electron chi connectivity index (χ3n) is 2.71. The van der Waals surface area contributed by atoms with Crippen molar-refractivity contribution in [2.75, 3.05) is 6.61 Å². The van der Waals surface area contributed by atoms with Crippen LogP contribution in [0.1, 0.15) is 25.0 Å². The number of halogens is 1. The molecule has 1 saturated carbocycles. The van der Waals surface area contributed by atoms with E-state index in [4.69, 9.17) is 10.00 Å². The van der Waals surface area contributed by atoms with Crippen molar-refractivity contribution in [2.24, 2.45) is 0 Å². The van der Waals surface area contributed by atoms with E-state index < -0.39 is 11.5 Å². The van der Waals surface area contributed by atoms with Crippen LogP contribution in [0, 0.1) is 17.3 Å². The van der Waals surface area contributed by atoms with Crippen molar-refractivity contribution < 1.29 is 14.2 Å². The molecule has 0 atom stereocenters. The van der Waals surface area contributed by atoms with Crippen LogP contribution in [0.3, 0.4) is 0 Å². The fourth-order valence-electron chi connectivity index (χ4n) is 1.56. The Bertz CT molecular complexity index is 438. The number of aromatic nitrogens is 1. The van der Waals surface area contributed by atoms with Gasteiger partial charge in [0.2, 0.25) is 5.95 Å². The highest BCUT2D eigenvalue weighted by molar-refractivity contribution is 5.36. The average Bonchev–Trinajstić information content (AvgIpc) is 2.24. The number of hydrogen-bond acceptors (Lipinski definition) is 4. The quantitative estimate of drug-likeness (QED) is 0.785. The van der Waals surface area contributed by atoms with E-state index >= 15 is 0 Å². The molecule has 0 bridgehead atoms. The van der Waals surface area contributed by atoms with Crippen molar-refractivity contribution in [1.82, 2.24) is 4.98 Å². The molecule has 5 heteroatoms. The minimum atomic E-state index is -0.791. The van der Waals surface area contributed by atoms with Gasteiger partial charge in [-0.1, -0.05) is 0 Å². The molecular weight excluding hydrogens is 211 g/mol. The normalized spacial score (nSPS) is 17.3. The maximum atomic E-state index is 12.7. The number of aliphatic hydroxyl groups is 1. The summed E-state index contributed by atoms with van der Waals surface area (Å²) in [7, 11) is 0. The van der Waals surface area contributed by atoms with Gasteiger partial charge >= 0.3 is 0 Å². The van der Waals surface area contributed by atoms with Crippen molar-refractivity contribution in [2.45, 2.75) is 24.9 Å². The number of nitrogens with zero attached hydrogens (tertiary/aromatic N) is 2. The minimum Gasteiger partial charge on any atom is -0.488 e. The van der Waals surface area contributed by atoms with Crippen LogP contribution in [-0.4, -0.2) is 22.3 Å². The Balaban J connectivity index is 2.07. The molecule has 1 aromatic heterocycles. The Morgan fingerprint density at radius 1 is 1.56 bits per heavy atom. The highest BCUT2D eigenvalue weighted by Crippen LogP contribution is 2.32. The summed E-state index contributed by atoms with van der Waals surface area (Å²) in [6, 6.07) is 4.23. The Morgan fingerprint density at radius 3 is 2.88 bits per heavy atom. The average molecular weight is 222 g/mol. The zero-order valence-electron chi connectivity index (χ0n) is 8.61. The molecule has 0 aromatic carbocycles. The third-order valence-corrected chi connectivity index (χ3v) is 2.71. The molecule has 1 N–H and O–H groups in total. The van der Waals surface area contributed by atoms with E-state index in [9.17, 15) is 9.50 Å². The van der Waals surface area contributed by atoms with E-state index in [-0.39, 0.29) is 18.1 Å². The van der Waals surface area contributed by atoms with Crippen LogP contribution in [0.5, 0.6) is 5.75 Å². The first-order valence-electron chi connectivity index (χ1n) is 5.05. The molecular formula is C11H11FN2O2. The molecule has 1 aromatic rings. The van der Waals surface area contributed by atoms with Gasteiger partial charge in [0.05, 0.1) is 5.60 Å². The second-order valence-corrected chi connectivity index (χ2v) is 3.96. The van der Waals surface area contributed by atoms with E-state index in [2.05, 4.69) is 4.98 Å². The standard InChI is InChI=1S/C11H11FN2O2/c12-10-3-2-9(8(6-13)14-10)16-7-11(15)4-1-5-11/h2-3,15H,1,4-5,7H2. The highest BCUT2D eigenvalue weighted by atomic mass is 19.1. The molecule has 0 aliphatic heterocycles. The fourth-order valence-corrected chi connectivity index (χ4v) is 1.56. The van der Waals surface area contributed by atoms with Crippen LogP contribution in [0.2, 0.25) is 0 Å². The van der Waals surface area contributed by atoms with E-state index in [0.717, 1.165) is 12.5 Å². The largest absolute Gasteiger partial charge is 0.488 e. The Labute approximate surface area is 92.3 Å². The third kappa shape index (κ3) is 2.12. The van der Waals surface area contributed by atoms with Crippen molar-refractivity contribution in [1.29, 1.82) is 5.26 Å². The summed E-state index contributed by atoms with van der Waals surface area (Å²) in [4.78, 5) is 3.40. The second kappa shape index (κ2) is 4.06. The summed E-state index contributed by atoms with van der Waals surface area (Å²) in [5, 5.41) is 18.5. The number of rotatable bonds is 3. The summed E-state index contributed by atoms with van der Waals surface area (Å²) in [5.41, 5.74) is -0.885. The molecule has 0 unspecified atom stereocenters. The van der Waals surface area contributed by atoms with Gasteiger partial charge in [-0.2, -0.15) is 9.65 Å². The number of ether oxygens (including phenoxy) is 1. The summed E-state index contributed by atoms with van der Waals surface area (Å²) in [5.74, 6) is -0.504. The van der Waals surface area contributed by atoms with Gasteiger partial charge in [0, 0.05) is 0 Å². The molecule has 0 amide bonds. The van der Waals surface area contributed by atoms with Crippen molar-refractivity contribution in [3.8, 4) is 11.8 Å². The number of pyridine rings is 1. The van der Waals surface area contributed by atoms with E-state index in [0.29, 0.717) is 12.8 Å². The number of nitriles is 1. The second-order valence-electron chi connectivity index (χ2n) is 3.96. The topological polar surface area (TPSA) is 66.1 Å². The predicted octanol–water partition coefficient (Wildman–Crippen LogP) is 1.39. The highest BCUT2D eigenvalue weighted by Gasteiger charge is 2.35. The lowest BCUT2D eigenvalue weighted by atomic mass is 9.81. The van der Waals surface area contributed by atoms with E-state index in [1.54, 1.807) is 6.07 Å². The summed E-state index contributed by atoms with van der Waals surface area (Å²) in [6.07, 6.45) is 2.37. The monoisotopic (exact) mass is 222 g/mol. The van der Waals surface area contributed by atoms with Gasteiger partial charge < -0.3 is 9.84 Å². The Hall–Kier alpha value is -1.67. The lowest BCUT2D eigenvalue weighted by Gasteiger charge is -2.35. The van der Waals surface area contributed by atoms with E-state index in [1.807, 2.05) is 0 Å². The van der Waals surface area contributed by atoms with Crippen LogP contribution in [-0.2, 0) is 0 Å². The molecule has 4 nitrogen and oxygen atoms in total. The summed E-state index contributed by atoms with van der Waals surface area (Å²) < 4.78 is 18.0. The Morgan fingerprint density at radius 2 is 2.31 bits per heavy atom. The first kappa shape index (κ1) is 10.8. The van der Waals surface area contributed by atoms with Gasteiger partial charge in [0.25, 0.3) is 0 Å². The predicted molar refractivity (Wildman–Crippen MR) is 53.2 cm³/mol. The SMILES string of the molecule is N#Cc1nc(F)ccc1OCC1(O)CCC1. The molecule has 1 aliphatic carbocycles. The first-order chi connectivity index (χ1) is 7.63. The molecule has 16 heavy (non-hydrogen) atoms. The van der Waals surface area contributed by atoms with Gasteiger partial charge in [-0.3, -0.25) is 0 Å². The maximum absolute atomic E-state index is 12.7. The van der Waals surface area contributed by atoms with Crippen LogP contribution < -0.4 is 4.74 Å².